The van der Waals surface area contributed by atoms with Gasteiger partial charge in [0.15, 0.2) is 0 Å². The van der Waals surface area contributed by atoms with Crippen LogP contribution in [0.3, 0.4) is 0 Å². The van der Waals surface area contributed by atoms with Gasteiger partial charge in [-0.15, -0.1) is 12.4 Å². The first-order valence-electron chi connectivity index (χ1n) is 5.86. The summed E-state index contributed by atoms with van der Waals surface area (Å²) in [4.78, 5) is 10.8. The maximum atomic E-state index is 10.8. The van der Waals surface area contributed by atoms with Gasteiger partial charge in [0.2, 0.25) is 0 Å². The first-order chi connectivity index (χ1) is 8.15. The zero-order chi connectivity index (χ0) is 12.3. The molecule has 2 N–H and O–H groups in total. The molecule has 18 heavy (non-hydrogen) atoms. The Bertz CT molecular complexity index is 388. The largest absolute Gasteiger partial charge is 0.480 e. The molecule has 1 heterocycles. The summed E-state index contributed by atoms with van der Waals surface area (Å²) in [6, 6.07) is 7.98. The molecule has 2 atom stereocenters. The Hall–Kier alpha value is -0.580. The molecular weight excluding hydrogens is 318 g/mol. The molecule has 1 aromatic carbocycles. The van der Waals surface area contributed by atoms with E-state index >= 15 is 0 Å². The monoisotopic (exact) mass is 333 g/mol. The van der Waals surface area contributed by atoms with Gasteiger partial charge < -0.3 is 10.4 Å². The van der Waals surface area contributed by atoms with E-state index in [1.165, 1.54) is 5.56 Å². The van der Waals surface area contributed by atoms with Crippen LogP contribution < -0.4 is 5.32 Å². The second-order valence-electron chi connectivity index (χ2n) is 4.57. The second-order valence-corrected chi connectivity index (χ2v) is 5.49. The van der Waals surface area contributed by atoms with Crippen molar-refractivity contribution in [3.8, 4) is 0 Å². The fraction of sp³-hybridized carbons (Fsp3) is 0.462. The Balaban J connectivity index is 0.00000162. The topological polar surface area (TPSA) is 49.3 Å². The molecule has 0 spiro atoms. The highest BCUT2D eigenvalue weighted by Crippen LogP contribution is 2.20. The lowest BCUT2D eigenvalue weighted by atomic mass is 9.89. The smallest absolute Gasteiger partial charge is 0.320 e. The molecule has 0 saturated carbocycles. The second kappa shape index (κ2) is 7.12. The maximum Gasteiger partial charge on any atom is 0.320 e. The van der Waals surface area contributed by atoms with E-state index in [1.807, 2.05) is 12.1 Å². The van der Waals surface area contributed by atoms with Gasteiger partial charge >= 0.3 is 5.97 Å². The summed E-state index contributed by atoms with van der Waals surface area (Å²) in [6.45, 7) is 0.799. The third-order valence-electron chi connectivity index (χ3n) is 3.25. The number of nitrogens with one attached hydrogen (secondary N) is 1. The molecule has 1 aliphatic rings. The predicted octanol–water partition coefficient (Wildman–Crippen LogP) is 2.87. The van der Waals surface area contributed by atoms with Gasteiger partial charge in [-0.2, -0.15) is 0 Å². The molecule has 1 aliphatic heterocycles. The Labute approximate surface area is 122 Å². The third-order valence-corrected chi connectivity index (χ3v) is 3.78. The molecule has 0 aliphatic carbocycles. The molecule has 3 nitrogen and oxygen atoms in total. The van der Waals surface area contributed by atoms with E-state index in [1.54, 1.807) is 0 Å². The number of hydrogen-bond donors (Lipinski definition) is 2. The number of piperidine rings is 1. The van der Waals surface area contributed by atoms with Crippen LogP contribution in [0.1, 0.15) is 18.4 Å². The van der Waals surface area contributed by atoms with E-state index in [-0.39, 0.29) is 18.4 Å². The minimum Gasteiger partial charge on any atom is -0.480 e. The molecule has 2 rings (SSSR count). The lowest BCUT2D eigenvalue weighted by Gasteiger charge is -2.27. The van der Waals surface area contributed by atoms with E-state index < -0.39 is 5.97 Å². The van der Waals surface area contributed by atoms with Crippen molar-refractivity contribution >= 4 is 34.3 Å². The maximum absolute atomic E-state index is 10.8. The Kier molecular flexibility index (Phi) is 6.12. The van der Waals surface area contributed by atoms with Crippen molar-refractivity contribution in [2.24, 2.45) is 5.92 Å². The molecule has 0 bridgehead atoms. The van der Waals surface area contributed by atoms with Crippen LogP contribution in [0.25, 0.3) is 0 Å². The van der Waals surface area contributed by atoms with Gasteiger partial charge in [-0.05, 0) is 49.4 Å². The summed E-state index contributed by atoms with van der Waals surface area (Å²) >= 11 is 3.42. The number of halogens is 2. The lowest BCUT2D eigenvalue weighted by molar-refractivity contribution is -0.140. The van der Waals surface area contributed by atoms with Gasteiger partial charge in [-0.1, -0.05) is 28.1 Å². The van der Waals surface area contributed by atoms with Crippen LogP contribution in [0.5, 0.6) is 0 Å². The molecule has 0 amide bonds. The normalized spacial score (nSPS) is 23.2. The first-order valence-corrected chi connectivity index (χ1v) is 6.65. The van der Waals surface area contributed by atoms with Crippen molar-refractivity contribution in [2.45, 2.75) is 25.3 Å². The SMILES string of the molecule is Cl.O=C(O)C1CCC(Cc2ccc(Br)cc2)CN1. The number of rotatable bonds is 3. The van der Waals surface area contributed by atoms with Crippen LogP contribution in [0.4, 0.5) is 0 Å². The molecule has 1 fully saturated rings. The highest BCUT2D eigenvalue weighted by Gasteiger charge is 2.25. The summed E-state index contributed by atoms with van der Waals surface area (Å²) < 4.78 is 1.09. The number of aliphatic carboxylic acids is 1. The van der Waals surface area contributed by atoms with Crippen molar-refractivity contribution in [2.75, 3.05) is 6.54 Å². The number of carboxylic acids is 1. The van der Waals surface area contributed by atoms with Gasteiger partial charge in [0.05, 0.1) is 0 Å². The number of carboxylic acid groups (broad SMARTS) is 1. The summed E-state index contributed by atoms with van der Waals surface area (Å²) in [7, 11) is 0. The van der Waals surface area contributed by atoms with Crippen molar-refractivity contribution in [1.82, 2.24) is 5.32 Å². The van der Waals surface area contributed by atoms with Crippen molar-refractivity contribution < 1.29 is 9.90 Å². The Morgan fingerprint density at radius 3 is 2.50 bits per heavy atom. The number of benzene rings is 1. The quantitative estimate of drug-likeness (QED) is 0.893. The Morgan fingerprint density at radius 2 is 2.00 bits per heavy atom. The van der Waals surface area contributed by atoms with Gasteiger partial charge in [-0.3, -0.25) is 4.79 Å². The minimum atomic E-state index is -0.730. The van der Waals surface area contributed by atoms with Gasteiger partial charge in [-0.25, -0.2) is 0 Å². The van der Waals surface area contributed by atoms with Gasteiger partial charge in [0.25, 0.3) is 0 Å². The van der Waals surface area contributed by atoms with Crippen LogP contribution in [-0.2, 0) is 11.2 Å². The van der Waals surface area contributed by atoms with Crippen molar-refractivity contribution in [3.63, 3.8) is 0 Å². The molecule has 0 radical (unpaired) electrons. The Morgan fingerprint density at radius 1 is 1.33 bits per heavy atom. The van der Waals surface area contributed by atoms with E-state index in [0.29, 0.717) is 5.92 Å². The van der Waals surface area contributed by atoms with E-state index in [2.05, 4.69) is 33.4 Å². The van der Waals surface area contributed by atoms with Crippen molar-refractivity contribution in [3.05, 3.63) is 34.3 Å². The molecular formula is C13H17BrClNO2. The molecule has 1 aromatic rings. The highest BCUT2D eigenvalue weighted by molar-refractivity contribution is 9.10. The molecule has 1 saturated heterocycles. The molecule has 100 valence electrons. The number of carbonyl (C=O) groups is 1. The highest BCUT2D eigenvalue weighted by atomic mass is 79.9. The van der Waals surface area contributed by atoms with Crippen molar-refractivity contribution in [1.29, 1.82) is 0 Å². The van der Waals surface area contributed by atoms with Crippen LogP contribution in [0.2, 0.25) is 0 Å². The molecule has 2 unspecified atom stereocenters. The van der Waals surface area contributed by atoms with E-state index in [9.17, 15) is 4.79 Å². The van der Waals surface area contributed by atoms with E-state index in [0.717, 1.165) is 30.3 Å². The first kappa shape index (κ1) is 15.5. The lowest BCUT2D eigenvalue weighted by Crippen LogP contribution is -2.44. The fourth-order valence-corrected chi connectivity index (χ4v) is 2.52. The standard InChI is InChI=1S/C13H16BrNO2.ClH/c14-11-4-1-9(2-5-11)7-10-3-6-12(13(16)17)15-8-10;/h1-2,4-5,10,12,15H,3,6-8H2,(H,16,17);1H. The fourth-order valence-electron chi connectivity index (χ4n) is 2.25. The predicted molar refractivity (Wildman–Crippen MR) is 77.2 cm³/mol. The van der Waals surface area contributed by atoms with Crippen LogP contribution in [0.15, 0.2) is 28.7 Å². The van der Waals surface area contributed by atoms with Crippen LogP contribution in [0, 0.1) is 5.92 Å². The number of hydrogen-bond acceptors (Lipinski definition) is 2. The van der Waals surface area contributed by atoms with E-state index in [4.69, 9.17) is 5.11 Å². The van der Waals surface area contributed by atoms with Crippen LogP contribution >= 0.6 is 28.3 Å². The summed E-state index contributed by atoms with van der Waals surface area (Å²) in [5.74, 6) is -0.182. The molecule has 0 aromatic heterocycles. The minimum absolute atomic E-state index is 0. The average molecular weight is 335 g/mol. The van der Waals surface area contributed by atoms with Crippen LogP contribution in [-0.4, -0.2) is 23.7 Å². The van der Waals surface area contributed by atoms with Gasteiger partial charge in [0.1, 0.15) is 6.04 Å². The summed E-state index contributed by atoms with van der Waals surface area (Å²) in [5, 5.41) is 12.0. The zero-order valence-electron chi connectivity index (χ0n) is 9.93. The third kappa shape index (κ3) is 4.26. The molecule has 5 heteroatoms. The zero-order valence-corrected chi connectivity index (χ0v) is 12.3. The summed E-state index contributed by atoms with van der Waals surface area (Å²) in [5.41, 5.74) is 1.31. The summed E-state index contributed by atoms with van der Waals surface area (Å²) in [6.07, 6.45) is 2.74. The average Bonchev–Trinajstić information content (AvgIpc) is 2.33. The van der Waals surface area contributed by atoms with Gasteiger partial charge in [0, 0.05) is 4.47 Å².